The summed E-state index contributed by atoms with van der Waals surface area (Å²) in [6, 6.07) is 12.4. The smallest absolute Gasteiger partial charge is 0.307 e. The number of carbonyl (C=O) groups excluding carboxylic acids is 3. The molecule has 0 spiro atoms. The third kappa shape index (κ3) is 6.53. The Bertz CT molecular complexity index is 806. The Morgan fingerprint density at radius 1 is 1.04 bits per heavy atom. The quantitative estimate of drug-likeness (QED) is 0.418. The zero-order valence-electron chi connectivity index (χ0n) is 15.0. The third-order valence-corrected chi connectivity index (χ3v) is 4.50. The Morgan fingerprint density at radius 3 is 2.26 bits per heavy atom. The van der Waals surface area contributed by atoms with Crippen molar-refractivity contribution in [2.45, 2.75) is 30.8 Å². The maximum atomic E-state index is 12.9. The number of ketones is 1. The van der Waals surface area contributed by atoms with E-state index in [0.29, 0.717) is 11.3 Å². The molecular formula is C20H20FNO4S. The van der Waals surface area contributed by atoms with Crippen LogP contribution in [0.5, 0.6) is 0 Å². The minimum atomic E-state index is -1.03. The highest BCUT2D eigenvalue weighted by Gasteiger charge is 2.19. The van der Waals surface area contributed by atoms with Gasteiger partial charge < -0.3 is 10.1 Å². The largest absolute Gasteiger partial charge is 0.453 e. The number of esters is 1. The number of anilines is 1. The van der Waals surface area contributed by atoms with E-state index in [9.17, 15) is 18.8 Å². The first-order valence-electron chi connectivity index (χ1n) is 8.32. The lowest BCUT2D eigenvalue weighted by atomic mass is 10.1. The molecule has 0 fully saturated rings. The second-order valence-corrected chi connectivity index (χ2v) is 6.66. The van der Waals surface area contributed by atoms with E-state index < -0.39 is 23.8 Å². The van der Waals surface area contributed by atoms with Crippen molar-refractivity contribution >= 4 is 35.1 Å². The summed E-state index contributed by atoms with van der Waals surface area (Å²) in [5.74, 6) is -1.75. The summed E-state index contributed by atoms with van der Waals surface area (Å²) in [5.41, 5.74) is 0.927. The van der Waals surface area contributed by atoms with E-state index in [1.165, 1.54) is 31.2 Å². The van der Waals surface area contributed by atoms with E-state index >= 15 is 0 Å². The molecule has 27 heavy (non-hydrogen) atoms. The third-order valence-electron chi connectivity index (χ3n) is 3.76. The second-order valence-electron chi connectivity index (χ2n) is 5.78. The van der Waals surface area contributed by atoms with Crippen LogP contribution in [0.1, 0.15) is 30.1 Å². The molecule has 0 aliphatic heterocycles. The number of nitrogens with one attached hydrogen (secondary N) is 1. The van der Waals surface area contributed by atoms with Crippen LogP contribution in [-0.4, -0.2) is 30.0 Å². The molecule has 0 aliphatic rings. The van der Waals surface area contributed by atoms with Gasteiger partial charge in [-0.1, -0.05) is 12.1 Å². The molecule has 2 aromatic carbocycles. The first-order chi connectivity index (χ1) is 12.9. The number of amides is 1. The molecule has 1 atom stereocenters. The first-order valence-corrected chi connectivity index (χ1v) is 9.54. The van der Waals surface area contributed by atoms with Crippen molar-refractivity contribution in [3.05, 3.63) is 59.9 Å². The van der Waals surface area contributed by atoms with Crippen molar-refractivity contribution in [2.75, 3.05) is 11.6 Å². The van der Waals surface area contributed by atoms with E-state index in [-0.39, 0.29) is 18.6 Å². The lowest BCUT2D eigenvalue weighted by Gasteiger charge is -2.13. The van der Waals surface area contributed by atoms with Crippen LogP contribution in [0.2, 0.25) is 0 Å². The van der Waals surface area contributed by atoms with Gasteiger partial charge in [-0.25, -0.2) is 4.39 Å². The van der Waals surface area contributed by atoms with Crippen LogP contribution < -0.4 is 5.32 Å². The average molecular weight is 389 g/mol. The molecule has 1 amide bonds. The Labute approximate surface area is 161 Å². The number of thioether (sulfide) groups is 1. The summed E-state index contributed by atoms with van der Waals surface area (Å²) in [6.07, 6.45) is 0.805. The highest BCUT2D eigenvalue weighted by molar-refractivity contribution is 7.98. The van der Waals surface area contributed by atoms with Gasteiger partial charge in [0.2, 0.25) is 0 Å². The highest BCUT2D eigenvalue weighted by Crippen LogP contribution is 2.16. The van der Waals surface area contributed by atoms with Crippen LogP contribution in [0.3, 0.4) is 0 Å². The molecule has 0 unspecified atom stereocenters. The summed E-state index contributed by atoms with van der Waals surface area (Å²) in [4.78, 5) is 37.0. The number of halogens is 1. The maximum absolute atomic E-state index is 12.9. The fourth-order valence-electron chi connectivity index (χ4n) is 2.22. The molecule has 142 valence electrons. The van der Waals surface area contributed by atoms with Gasteiger partial charge >= 0.3 is 5.97 Å². The Hall–Kier alpha value is -2.67. The standard InChI is InChI=1S/C20H20FNO4S/c1-13(20(25)22-16-7-5-15(21)6-8-16)26-19(24)12-11-18(23)14-3-9-17(27-2)10-4-14/h3-10,13H,11-12H2,1-2H3,(H,22,25)/t13-/m1/s1. The fraction of sp³-hybridized carbons (Fsp3) is 0.250. The number of hydrogen-bond acceptors (Lipinski definition) is 5. The molecule has 0 radical (unpaired) electrons. The summed E-state index contributed by atoms with van der Waals surface area (Å²) in [6.45, 7) is 1.43. The van der Waals surface area contributed by atoms with Crippen molar-refractivity contribution in [2.24, 2.45) is 0 Å². The number of benzene rings is 2. The first kappa shape index (κ1) is 20.6. The molecular weight excluding hydrogens is 369 g/mol. The van der Waals surface area contributed by atoms with Crippen LogP contribution in [0, 0.1) is 5.82 Å². The van der Waals surface area contributed by atoms with Gasteiger partial charge in [-0.2, -0.15) is 0 Å². The fourth-order valence-corrected chi connectivity index (χ4v) is 2.63. The SMILES string of the molecule is CSc1ccc(C(=O)CCC(=O)O[C@H](C)C(=O)Nc2ccc(F)cc2)cc1. The number of hydrogen-bond donors (Lipinski definition) is 1. The normalized spacial score (nSPS) is 11.5. The molecule has 0 aliphatic carbocycles. The van der Waals surface area contributed by atoms with E-state index in [4.69, 9.17) is 4.74 Å². The number of ether oxygens (including phenoxy) is 1. The molecule has 0 saturated carbocycles. The van der Waals surface area contributed by atoms with Crippen molar-refractivity contribution < 1.29 is 23.5 Å². The maximum Gasteiger partial charge on any atom is 0.307 e. The van der Waals surface area contributed by atoms with E-state index in [1.54, 1.807) is 23.9 Å². The van der Waals surface area contributed by atoms with Crippen molar-refractivity contribution in [1.82, 2.24) is 0 Å². The lowest BCUT2D eigenvalue weighted by molar-refractivity contribution is -0.153. The minimum absolute atomic E-state index is 0.00372. The number of rotatable bonds is 8. The number of carbonyl (C=O) groups is 3. The van der Waals surface area contributed by atoms with Gasteiger partial charge in [0.25, 0.3) is 5.91 Å². The Balaban J connectivity index is 1.78. The summed E-state index contributed by atoms with van der Waals surface area (Å²) < 4.78 is 17.9. The van der Waals surface area contributed by atoms with E-state index in [2.05, 4.69) is 5.32 Å². The molecule has 0 aromatic heterocycles. The topological polar surface area (TPSA) is 72.5 Å². The van der Waals surface area contributed by atoms with Gasteiger partial charge in [0.1, 0.15) is 5.82 Å². The van der Waals surface area contributed by atoms with Crippen LogP contribution >= 0.6 is 11.8 Å². The second kappa shape index (κ2) is 9.87. The highest BCUT2D eigenvalue weighted by atomic mass is 32.2. The van der Waals surface area contributed by atoms with Gasteiger partial charge in [-0.3, -0.25) is 14.4 Å². The van der Waals surface area contributed by atoms with Crippen LogP contribution in [-0.2, 0) is 14.3 Å². The molecule has 2 aromatic rings. The zero-order chi connectivity index (χ0) is 19.8. The molecule has 0 heterocycles. The van der Waals surface area contributed by atoms with Gasteiger partial charge in [0, 0.05) is 22.6 Å². The van der Waals surface area contributed by atoms with Gasteiger partial charge in [0.05, 0.1) is 6.42 Å². The van der Waals surface area contributed by atoms with Crippen LogP contribution in [0.4, 0.5) is 10.1 Å². The molecule has 7 heteroatoms. The predicted octanol–water partition coefficient (Wildman–Crippen LogP) is 4.08. The average Bonchev–Trinajstić information content (AvgIpc) is 2.67. The van der Waals surface area contributed by atoms with Gasteiger partial charge in [0.15, 0.2) is 11.9 Å². The summed E-state index contributed by atoms with van der Waals surface area (Å²) in [7, 11) is 0. The lowest BCUT2D eigenvalue weighted by Crippen LogP contribution is -2.30. The van der Waals surface area contributed by atoms with Crippen molar-refractivity contribution in [1.29, 1.82) is 0 Å². The number of Topliss-reactive ketones (excluding diaryl/α,β-unsaturated/α-hetero) is 1. The van der Waals surface area contributed by atoms with Gasteiger partial charge in [-0.05, 0) is 49.6 Å². The van der Waals surface area contributed by atoms with Gasteiger partial charge in [-0.15, -0.1) is 11.8 Å². The molecule has 0 saturated heterocycles. The molecule has 0 bridgehead atoms. The van der Waals surface area contributed by atoms with Crippen molar-refractivity contribution in [3.63, 3.8) is 0 Å². The predicted molar refractivity (Wildman–Crippen MR) is 102 cm³/mol. The Morgan fingerprint density at radius 2 is 1.67 bits per heavy atom. The van der Waals surface area contributed by atoms with Crippen molar-refractivity contribution in [3.8, 4) is 0 Å². The zero-order valence-corrected chi connectivity index (χ0v) is 15.8. The molecule has 2 rings (SSSR count). The summed E-state index contributed by atoms with van der Waals surface area (Å²) >= 11 is 1.58. The molecule has 1 N–H and O–H groups in total. The van der Waals surface area contributed by atoms with E-state index in [1.807, 2.05) is 18.4 Å². The Kier molecular flexibility index (Phi) is 7.55. The molecule has 5 nitrogen and oxygen atoms in total. The monoisotopic (exact) mass is 389 g/mol. The minimum Gasteiger partial charge on any atom is -0.453 e. The van der Waals surface area contributed by atoms with Crippen LogP contribution in [0.25, 0.3) is 0 Å². The van der Waals surface area contributed by atoms with Crippen LogP contribution in [0.15, 0.2) is 53.4 Å². The van der Waals surface area contributed by atoms with E-state index in [0.717, 1.165) is 4.90 Å². The summed E-state index contributed by atoms with van der Waals surface area (Å²) in [5, 5.41) is 2.52.